The fourth-order valence-electron chi connectivity index (χ4n) is 24.6. The molecule has 1 aliphatic heterocycles. The van der Waals surface area contributed by atoms with Crippen molar-refractivity contribution in [1.29, 1.82) is 0 Å². The van der Waals surface area contributed by atoms with Crippen LogP contribution in [0.15, 0.2) is 0 Å². The van der Waals surface area contributed by atoms with Crippen molar-refractivity contribution >= 4 is 11.9 Å². The quantitative estimate of drug-likeness (QED) is 0.0458. The van der Waals surface area contributed by atoms with Crippen LogP contribution in [-0.2, 0) is 38.0 Å². The summed E-state index contributed by atoms with van der Waals surface area (Å²) in [5.41, 5.74) is 1.99. The lowest BCUT2D eigenvalue weighted by Crippen LogP contribution is -2.54. The van der Waals surface area contributed by atoms with Crippen LogP contribution in [0, 0.1) is 105 Å². The zero-order valence-corrected chi connectivity index (χ0v) is 66.0. The second-order valence-electron chi connectivity index (χ2n) is 37.4. The Hall–Kier alpha value is -1.30. The van der Waals surface area contributed by atoms with Gasteiger partial charge in [0.1, 0.15) is 12.2 Å². The van der Waals surface area contributed by atoms with E-state index in [1.807, 2.05) is 0 Å². The van der Waals surface area contributed by atoms with Crippen LogP contribution in [0.4, 0.5) is 0 Å². The largest absolute Gasteiger partial charge is 0.462 e. The van der Waals surface area contributed by atoms with Crippen molar-refractivity contribution in [3.63, 3.8) is 0 Å². The Morgan fingerprint density at radius 3 is 1.04 bits per heavy atom. The molecule has 9 rings (SSSR count). The average molecular weight is 1370 g/mol. The molecule has 0 bridgehead atoms. The molecule has 1 heterocycles. The van der Waals surface area contributed by atoms with Crippen LogP contribution >= 0.6 is 0 Å². The van der Waals surface area contributed by atoms with Crippen molar-refractivity contribution < 1.29 is 38.0 Å². The van der Waals surface area contributed by atoms with E-state index in [0.717, 1.165) is 200 Å². The van der Waals surface area contributed by atoms with Crippen molar-refractivity contribution in [3.05, 3.63) is 0 Å². The normalized spacial score (nSPS) is 36.2. The van der Waals surface area contributed by atoms with Gasteiger partial charge in [0.2, 0.25) is 0 Å². The predicted molar refractivity (Wildman–Crippen MR) is 405 cm³/mol. The van der Waals surface area contributed by atoms with Crippen molar-refractivity contribution in [3.8, 4) is 0 Å². The number of nitrogens with zero attached hydrogens (tertiary/aromatic N) is 2. The van der Waals surface area contributed by atoms with E-state index in [4.69, 9.17) is 28.4 Å². The van der Waals surface area contributed by atoms with Crippen molar-refractivity contribution in [2.45, 2.75) is 351 Å². The van der Waals surface area contributed by atoms with E-state index in [1.54, 1.807) is 0 Å². The minimum Gasteiger partial charge on any atom is -0.462 e. The zero-order valence-electron chi connectivity index (χ0n) is 66.0. The van der Waals surface area contributed by atoms with Gasteiger partial charge in [0, 0.05) is 39.0 Å². The zero-order chi connectivity index (χ0) is 69.4. The fourth-order valence-corrected chi connectivity index (χ4v) is 24.6. The number of esters is 2. The number of ether oxygens (including phenoxy) is 6. The summed E-state index contributed by atoms with van der Waals surface area (Å²) in [4.78, 5) is 31.4. The highest BCUT2D eigenvalue weighted by atomic mass is 16.6. The summed E-state index contributed by atoms with van der Waals surface area (Å²) in [6, 6.07) is 0. The first-order chi connectivity index (χ1) is 47.4. The van der Waals surface area contributed by atoms with E-state index in [1.165, 1.54) is 205 Å². The van der Waals surface area contributed by atoms with E-state index < -0.39 is 0 Å². The van der Waals surface area contributed by atoms with Gasteiger partial charge in [-0.25, -0.2) is 0 Å². The van der Waals surface area contributed by atoms with Gasteiger partial charge in [-0.1, -0.05) is 185 Å². The minimum absolute atomic E-state index is 0.0644. The summed E-state index contributed by atoms with van der Waals surface area (Å²) in [6.45, 7) is 36.9. The summed E-state index contributed by atoms with van der Waals surface area (Å²) in [6.07, 6.45) is 53.3. The van der Waals surface area contributed by atoms with Gasteiger partial charge in [-0.05, 0) is 259 Å². The molecule has 0 amide bonds. The van der Waals surface area contributed by atoms with Crippen LogP contribution in [-0.4, -0.2) is 126 Å². The number of hydrogen-bond donors (Lipinski definition) is 0. The number of carbonyl (C=O) groups is 2. The lowest BCUT2D eigenvalue weighted by atomic mass is 9.44. The van der Waals surface area contributed by atoms with E-state index in [2.05, 4.69) is 79.0 Å². The molecule has 2 unspecified atom stereocenters. The lowest BCUT2D eigenvalue weighted by Gasteiger charge is -2.61. The molecule has 0 radical (unpaired) electrons. The summed E-state index contributed by atoms with van der Waals surface area (Å²) < 4.78 is 36.9. The highest BCUT2D eigenvalue weighted by Gasteiger charge is 2.63. The molecular weight excluding hydrogens is 1210 g/mol. The van der Waals surface area contributed by atoms with Gasteiger partial charge in [0.05, 0.1) is 52.9 Å². The molecule has 18 atom stereocenters. The average Bonchev–Trinajstić information content (AvgIpc) is 1.35. The molecule has 568 valence electrons. The van der Waals surface area contributed by atoms with E-state index >= 15 is 0 Å². The maximum atomic E-state index is 13.2. The molecule has 9 aliphatic rings. The van der Waals surface area contributed by atoms with Gasteiger partial charge in [0.25, 0.3) is 0 Å². The second kappa shape index (κ2) is 41.0. The smallest absolute Gasteiger partial charge is 0.306 e. The molecule has 98 heavy (non-hydrogen) atoms. The van der Waals surface area contributed by atoms with Gasteiger partial charge in [-0.2, -0.15) is 0 Å². The van der Waals surface area contributed by atoms with Crippen LogP contribution in [0.3, 0.4) is 0 Å². The number of unbranched alkanes of at least 4 members (excludes halogenated alkanes) is 14. The molecule has 8 saturated carbocycles. The molecular formula is C88H158N2O8. The summed E-state index contributed by atoms with van der Waals surface area (Å²) >= 11 is 0. The number of fused-ring (bicyclic) bond motifs is 10. The summed E-state index contributed by atoms with van der Waals surface area (Å²) in [5, 5.41) is 0. The molecule has 0 aromatic rings. The molecule has 10 heteroatoms. The van der Waals surface area contributed by atoms with Gasteiger partial charge in [-0.15, -0.1) is 0 Å². The predicted octanol–water partition coefficient (Wildman–Crippen LogP) is 21.8. The molecule has 8 aliphatic carbocycles. The molecule has 0 N–H and O–H groups in total. The Labute approximate surface area is 604 Å². The number of carbonyl (C=O) groups excluding carboxylic acids is 2. The Kier molecular flexibility index (Phi) is 33.8. The third kappa shape index (κ3) is 22.9. The van der Waals surface area contributed by atoms with Crippen LogP contribution in [0.25, 0.3) is 0 Å². The lowest BCUT2D eigenvalue weighted by molar-refractivity contribution is -0.163. The molecule has 1 saturated heterocycles. The molecule has 0 spiro atoms. The van der Waals surface area contributed by atoms with Crippen LogP contribution < -0.4 is 0 Å². The molecule has 0 aromatic carbocycles. The number of hydrogen-bond acceptors (Lipinski definition) is 10. The maximum Gasteiger partial charge on any atom is 0.306 e. The van der Waals surface area contributed by atoms with Crippen LogP contribution in [0.1, 0.15) is 339 Å². The van der Waals surface area contributed by atoms with E-state index in [0.29, 0.717) is 60.9 Å². The van der Waals surface area contributed by atoms with Gasteiger partial charge in [0.15, 0.2) is 0 Å². The third-order valence-corrected chi connectivity index (χ3v) is 30.4. The van der Waals surface area contributed by atoms with Gasteiger partial charge < -0.3 is 28.4 Å². The standard InChI is InChI=1S/C88H158N2O8/c1-67(2)29-27-31-69(5)77-39-41-79-75-37-35-71-65-73(43-47-85(71,7)81(75)45-49-87(77,79)9)97-83(91)33-23-19-15-11-13-17-21-25-51-89-53-57-93-61-63-95-59-55-90(56-60-96-64-62-94-58-54-89)52-26-22-18-14-12-16-20-24-34-84(92)98-74-44-48-86(8)72(66-74)36-38-76-80-42-40-78(70(6)32-28-30-68(3)4)88(80,10)50-46-82(76)86/h67-82H,11-66H2,1-10H3/t69-,70-,71?,72?,73+,74+,75+,76+,77-,78-,79+,80+,81+,82+,85+,86+,87-,88-/m1/s1. The first-order valence-corrected chi connectivity index (χ1v) is 43.6. The Balaban J connectivity index is 0.536. The third-order valence-electron chi connectivity index (χ3n) is 30.4. The van der Waals surface area contributed by atoms with Crippen LogP contribution in [0.2, 0.25) is 0 Å². The van der Waals surface area contributed by atoms with Crippen molar-refractivity contribution in [1.82, 2.24) is 9.80 Å². The Morgan fingerprint density at radius 1 is 0.357 bits per heavy atom. The molecule has 0 aromatic heterocycles. The van der Waals surface area contributed by atoms with Crippen molar-refractivity contribution in [2.24, 2.45) is 105 Å². The van der Waals surface area contributed by atoms with Gasteiger partial charge >= 0.3 is 11.9 Å². The second-order valence-corrected chi connectivity index (χ2v) is 37.4. The highest BCUT2D eigenvalue weighted by Crippen LogP contribution is 2.70. The fraction of sp³-hybridized carbons (Fsp3) is 0.977. The maximum absolute atomic E-state index is 13.2. The van der Waals surface area contributed by atoms with Crippen LogP contribution in [0.5, 0.6) is 0 Å². The summed E-state index contributed by atoms with van der Waals surface area (Å²) in [5.74, 6) is 12.3. The Bertz CT molecular complexity index is 2070. The van der Waals surface area contributed by atoms with Gasteiger partial charge in [-0.3, -0.25) is 19.4 Å². The first kappa shape index (κ1) is 80.8. The van der Waals surface area contributed by atoms with E-state index in [9.17, 15) is 9.59 Å². The monoisotopic (exact) mass is 1370 g/mol. The minimum atomic E-state index is 0.0644. The molecule has 9 fully saturated rings. The van der Waals surface area contributed by atoms with E-state index in [-0.39, 0.29) is 24.1 Å². The van der Waals surface area contributed by atoms with Crippen molar-refractivity contribution in [2.75, 3.05) is 92.1 Å². The molecule has 10 nitrogen and oxygen atoms in total. The topological polar surface area (TPSA) is 96.0 Å². The summed E-state index contributed by atoms with van der Waals surface area (Å²) in [7, 11) is 0. The first-order valence-electron chi connectivity index (χ1n) is 43.6. The Morgan fingerprint density at radius 2 is 0.684 bits per heavy atom. The number of rotatable bonds is 34. The highest BCUT2D eigenvalue weighted by molar-refractivity contribution is 5.69. The SMILES string of the molecule is CC(C)CCC[C@@H](C)[C@H]1CC[C@H]2[C@@H]3CCC4C[C@@H](OC(=O)CCCCCCCCCCN5CCOCCOCCN(CCCCCCCCCCC(=O)O[C@H]6CC[C@@]7(C)C(CC[C@H]8[C@@H]9CC[C@H]([C@H](C)CCCC(C)C)[C@@]9(C)CC[C@@H]87)C6)CCOCCOCC5)CC[C@]4(C)[C@H]3CC[C@]12C.